The van der Waals surface area contributed by atoms with Crippen molar-refractivity contribution in [1.82, 2.24) is 9.78 Å². The van der Waals surface area contributed by atoms with Crippen LogP contribution in [0, 0.1) is 6.92 Å². The zero-order valence-electron chi connectivity index (χ0n) is 14.9. The molecule has 0 radical (unpaired) electrons. The van der Waals surface area contributed by atoms with Gasteiger partial charge < -0.3 is 10.1 Å². The highest BCUT2D eigenvalue weighted by atomic mass is 16.5. The van der Waals surface area contributed by atoms with Crippen molar-refractivity contribution in [2.24, 2.45) is 0 Å². The topological polar surface area (TPSA) is 39.1 Å². The van der Waals surface area contributed by atoms with Gasteiger partial charge in [-0.2, -0.15) is 5.10 Å². The van der Waals surface area contributed by atoms with Crippen LogP contribution in [0.15, 0.2) is 72.9 Å². The molecule has 4 rings (SSSR count). The maximum absolute atomic E-state index is 5.20. The van der Waals surface area contributed by atoms with Crippen molar-refractivity contribution in [3.8, 4) is 11.4 Å². The lowest BCUT2D eigenvalue weighted by molar-refractivity contribution is 0.414. The Hall–Kier alpha value is -3.27. The van der Waals surface area contributed by atoms with Crippen LogP contribution in [0.3, 0.4) is 0 Å². The molecule has 26 heavy (non-hydrogen) atoms. The average molecular weight is 343 g/mol. The van der Waals surface area contributed by atoms with Gasteiger partial charge in [0.1, 0.15) is 5.75 Å². The largest absolute Gasteiger partial charge is 0.497 e. The summed E-state index contributed by atoms with van der Waals surface area (Å²) in [5.41, 5.74) is 5.67. The maximum atomic E-state index is 5.20. The summed E-state index contributed by atoms with van der Waals surface area (Å²) in [4.78, 5) is 0. The number of hydrogen-bond acceptors (Lipinski definition) is 3. The van der Waals surface area contributed by atoms with Crippen LogP contribution in [0.25, 0.3) is 16.6 Å². The third kappa shape index (κ3) is 3.26. The molecule has 1 N–H and O–H groups in total. The summed E-state index contributed by atoms with van der Waals surface area (Å²) in [7, 11) is 1.68. The van der Waals surface area contributed by atoms with Gasteiger partial charge in [0.15, 0.2) is 0 Å². The number of aryl methyl sites for hydroxylation is 1. The number of nitrogens with one attached hydrogen (secondary N) is 1. The fourth-order valence-electron chi connectivity index (χ4n) is 3.04. The summed E-state index contributed by atoms with van der Waals surface area (Å²) in [5, 5.41) is 9.18. The van der Waals surface area contributed by atoms with E-state index in [9.17, 15) is 0 Å². The zero-order chi connectivity index (χ0) is 17.9. The van der Waals surface area contributed by atoms with Gasteiger partial charge in [-0.1, -0.05) is 24.3 Å². The van der Waals surface area contributed by atoms with Crippen molar-refractivity contribution in [1.29, 1.82) is 0 Å². The SMILES string of the molecule is COc1ccc(CNc2ccc3cnn(-c4cccc(C)c4)c3c2)cc1. The number of hydrogen-bond donors (Lipinski definition) is 1. The van der Waals surface area contributed by atoms with Gasteiger partial charge in [0.05, 0.1) is 24.5 Å². The van der Waals surface area contributed by atoms with Gasteiger partial charge in [-0.15, -0.1) is 0 Å². The van der Waals surface area contributed by atoms with Crippen LogP contribution in [0.5, 0.6) is 5.75 Å². The van der Waals surface area contributed by atoms with Crippen LogP contribution in [-0.4, -0.2) is 16.9 Å². The fourth-order valence-corrected chi connectivity index (χ4v) is 3.04. The van der Waals surface area contributed by atoms with Crippen molar-refractivity contribution in [3.63, 3.8) is 0 Å². The number of aromatic nitrogens is 2. The molecule has 130 valence electrons. The van der Waals surface area contributed by atoms with Crippen LogP contribution < -0.4 is 10.1 Å². The Morgan fingerprint density at radius 2 is 1.85 bits per heavy atom. The Labute approximate surface area is 153 Å². The second kappa shape index (κ2) is 6.92. The van der Waals surface area contributed by atoms with Gasteiger partial charge in [-0.25, -0.2) is 4.68 Å². The Bertz CT molecular complexity index is 1030. The van der Waals surface area contributed by atoms with Crippen molar-refractivity contribution in [3.05, 3.63) is 84.1 Å². The average Bonchev–Trinajstić information content (AvgIpc) is 3.10. The molecule has 0 saturated heterocycles. The number of fused-ring (bicyclic) bond motifs is 1. The van der Waals surface area contributed by atoms with E-state index in [4.69, 9.17) is 4.74 Å². The van der Waals surface area contributed by atoms with Gasteiger partial charge in [-0.3, -0.25) is 0 Å². The first kappa shape index (κ1) is 16.2. The predicted molar refractivity (Wildman–Crippen MR) is 106 cm³/mol. The van der Waals surface area contributed by atoms with Crippen molar-refractivity contribution in [2.45, 2.75) is 13.5 Å². The monoisotopic (exact) mass is 343 g/mol. The lowest BCUT2D eigenvalue weighted by Crippen LogP contribution is -2.00. The van der Waals surface area contributed by atoms with Crippen LogP contribution in [-0.2, 0) is 6.54 Å². The van der Waals surface area contributed by atoms with E-state index in [1.54, 1.807) is 7.11 Å². The van der Waals surface area contributed by atoms with Gasteiger partial charge in [0.25, 0.3) is 0 Å². The van der Waals surface area contributed by atoms with Crippen LogP contribution in [0.1, 0.15) is 11.1 Å². The van der Waals surface area contributed by atoms with Gasteiger partial charge in [0, 0.05) is 17.6 Å². The Morgan fingerprint density at radius 1 is 1.00 bits per heavy atom. The molecule has 4 heteroatoms. The van der Waals surface area contributed by atoms with Crippen molar-refractivity contribution < 1.29 is 4.74 Å². The smallest absolute Gasteiger partial charge is 0.118 e. The van der Waals surface area contributed by atoms with E-state index in [2.05, 4.69) is 71.9 Å². The molecule has 0 bridgehead atoms. The summed E-state index contributed by atoms with van der Waals surface area (Å²) in [6, 6.07) is 22.8. The standard InChI is InChI=1S/C22H21N3O/c1-16-4-3-5-20(12-16)25-22-13-19(9-8-18(22)15-24-25)23-14-17-6-10-21(26-2)11-7-17/h3-13,15,23H,14H2,1-2H3. The normalized spacial score (nSPS) is 10.8. The molecular formula is C22H21N3O. The number of anilines is 1. The number of benzene rings is 3. The first-order chi connectivity index (χ1) is 12.7. The Balaban J connectivity index is 1.59. The van der Waals surface area contributed by atoms with Crippen molar-refractivity contribution >= 4 is 16.6 Å². The molecule has 1 aromatic heterocycles. The molecule has 4 aromatic rings. The summed E-state index contributed by atoms with van der Waals surface area (Å²) < 4.78 is 7.19. The number of methoxy groups -OCH3 is 1. The zero-order valence-corrected chi connectivity index (χ0v) is 14.9. The third-order valence-corrected chi connectivity index (χ3v) is 4.47. The second-order valence-electron chi connectivity index (χ2n) is 6.37. The molecule has 4 nitrogen and oxygen atoms in total. The quantitative estimate of drug-likeness (QED) is 0.557. The van der Waals surface area contributed by atoms with E-state index >= 15 is 0 Å². The summed E-state index contributed by atoms with van der Waals surface area (Å²) >= 11 is 0. The Morgan fingerprint density at radius 3 is 2.62 bits per heavy atom. The molecule has 0 aliphatic rings. The predicted octanol–water partition coefficient (Wildman–Crippen LogP) is 4.95. The van der Waals surface area contributed by atoms with Crippen LogP contribution in [0.2, 0.25) is 0 Å². The molecule has 0 spiro atoms. The minimum Gasteiger partial charge on any atom is -0.497 e. The van der Waals surface area contributed by atoms with Crippen LogP contribution in [0.4, 0.5) is 5.69 Å². The van der Waals surface area contributed by atoms with E-state index in [-0.39, 0.29) is 0 Å². The molecule has 0 fully saturated rings. The molecule has 0 aliphatic carbocycles. The first-order valence-corrected chi connectivity index (χ1v) is 8.64. The lowest BCUT2D eigenvalue weighted by atomic mass is 10.2. The molecular weight excluding hydrogens is 322 g/mol. The number of nitrogens with zero attached hydrogens (tertiary/aromatic N) is 2. The van der Waals surface area contributed by atoms with Crippen molar-refractivity contribution in [2.75, 3.05) is 12.4 Å². The molecule has 0 amide bonds. The second-order valence-corrected chi connectivity index (χ2v) is 6.37. The molecule has 3 aromatic carbocycles. The fraction of sp³-hybridized carbons (Fsp3) is 0.136. The summed E-state index contributed by atoms with van der Waals surface area (Å²) in [6.45, 7) is 2.85. The Kier molecular flexibility index (Phi) is 4.32. The molecule has 1 heterocycles. The van der Waals surface area contributed by atoms with Gasteiger partial charge >= 0.3 is 0 Å². The summed E-state index contributed by atoms with van der Waals surface area (Å²) in [6.07, 6.45) is 1.91. The lowest BCUT2D eigenvalue weighted by Gasteiger charge is -2.09. The molecule has 0 aliphatic heterocycles. The number of ether oxygens (including phenoxy) is 1. The summed E-state index contributed by atoms with van der Waals surface area (Å²) in [5.74, 6) is 0.872. The highest BCUT2D eigenvalue weighted by Gasteiger charge is 2.06. The highest BCUT2D eigenvalue weighted by Crippen LogP contribution is 2.23. The minimum atomic E-state index is 0.758. The van der Waals surface area contributed by atoms with E-state index in [0.29, 0.717) is 0 Å². The molecule has 0 unspecified atom stereocenters. The minimum absolute atomic E-state index is 0.758. The first-order valence-electron chi connectivity index (χ1n) is 8.64. The molecule has 0 saturated carbocycles. The van der Waals surface area contributed by atoms with E-state index in [0.717, 1.165) is 34.6 Å². The van der Waals surface area contributed by atoms with E-state index in [1.807, 2.05) is 23.0 Å². The van der Waals surface area contributed by atoms with Gasteiger partial charge in [0.2, 0.25) is 0 Å². The highest BCUT2D eigenvalue weighted by molar-refractivity contribution is 5.83. The van der Waals surface area contributed by atoms with E-state index < -0.39 is 0 Å². The molecule has 0 atom stereocenters. The third-order valence-electron chi connectivity index (χ3n) is 4.47. The van der Waals surface area contributed by atoms with Gasteiger partial charge in [-0.05, 0) is 60.5 Å². The van der Waals surface area contributed by atoms with Crippen LogP contribution >= 0.6 is 0 Å². The van der Waals surface area contributed by atoms with E-state index in [1.165, 1.54) is 11.1 Å². The number of rotatable bonds is 5. The maximum Gasteiger partial charge on any atom is 0.118 e.